The lowest BCUT2D eigenvalue weighted by molar-refractivity contribution is -0.929. The number of nitrogens with zero attached hydrogens (tertiary/aromatic N) is 2. The van der Waals surface area contributed by atoms with Crippen molar-refractivity contribution in [1.82, 2.24) is 9.78 Å². The van der Waals surface area contributed by atoms with Crippen molar-refractivity contribution in [3.05, 3.63) is 35.2 Å². The highest BCUT2D eigenvalue weighted by atomic mass is 32.1. The van der Waals surface area contributed by atoms with Crippen LogP contribution in [0.25, 0.3) is 11.5 Å². The van der Waals surface area contributed by atoms with Crippen molar-refractivity contribution in [2.24, 2.45) is 5.92 Å². The van der Waals surface area contributed by atoms with Crippen LogP contribution in [-0.4, -0.2) is 22.9 Å². The number of hydrogen-bond donors (Lipinski definition) is 1. The summed E-state index contributed by atoms with van der Waals surface area (Å²) in [6.45, 7) is 5.51. The van der Waals surface area contributed by atoms with Crippen LogP contribution in [-0.2, 0) is 6.67 Å². The quantitative estimate of drug-likeness (QED) is 0.880. The van der Waals surface area contributed by atoms with Crippen LogP contribution < -0.4 is 4.90 Å². The average molecular weight is 290 g/mol. The van der Waals surface area contributed by atoms with Gasteiger partial charge in [0, 0.05) is 5.56 Å². The molecule has 0 amide bonds. The van der Waals surface area contributed by atoms with Gasteiger partial charge in [0.2, 0.25) is 5.89 Å². The van der Waals surface area contributed by atoms with Gasteiger partial charge in [0.1, 0.15) is 0 Å². The van der Waals surface area contributed by atoms with Gasteiger partial charge in [-0.25, -0.2) is 0 Å². The average Bonchev–Trinajstić information content (AvgIpc) is 2.84. The molecular weight excluding hydrogens is 270 g/mol. The molecule has 0 spiro atoms. The molecule has 0 atom stereocenters. The molecule has 2 heterocycles. The second kappa shape index (κ2) is 5.89. The Balaban J connectivity index is 1.75. The van der Waals surface area contributed by atoms with E-state index >= 15 is 0 Å². The first kappa shape index (κ1) is 13.5. The number of rotatable bonds is 3. The fourth-order valence-electron chi connectivity index (χ4n) is 2.64. The third kappa shape index (κ3) is 2.99. The van der Waals surface area contributed by atoms with Crippen LogP contribution in [0.15, 0.2) is 34.7 Å². The normalized spacial score (nSPS) is 22.9. The highest BCUT2D eigenvalue weighted by Crippen LogP contribution is 2.16. The van der Waals surface area contributed by atoms with Crippen LogP contribution in [0.4, 0.5) is 0 Å². The lowest BCUT2D eigenvalue weighted by atomic mass is 10.00. The summed E-state index contributed by atoms with van der Waals surface area (Å²) < 4.78 is 7.44. The van der Waals surface area contributed by atoms with Gasteiger partial charge in [-0.15, -0.1) is 5.10 Å². The van der Waals surface area contributed by atoms with Crippen LogP contribution >= 0.6 is 12.2 Å². The number of aromatic nitrogens is 2. The van der Waals surface area contributed by atoms with Crippen LogP contribution in [0.5, 0.6) is 0 Å². The van der Waals surface area contributed by atoms with E-state index in [0.717, 1.165) is 18.2 Å². The third-order valence-electron chi connectivity index (χ3n) is 3.98. The summed E-state index contributed by atoms with van der Waals surface area (Å²) in [5.74, 6) is 1.46. The van der Waals surface area contributed by atoms with Crippen molar-refractivity contribution in [2.45, 2.75) is 26.4 Å². The predicted molar refractivity (Wildman–Crippen MR) is 79.9 cm³/mol. The van der Waals surface area contributed by atoms with Crippen molar-refractivity contribution in [1.29, 1.82) is 0 Å². The molecule has 1 aliphatic heterocycles. The maximum absolute atomic E-state index is 5.62. The minimum absolute atomic E-state index is 0.468. The number of quaternary nitrogens is 1. The molecule has 1 N–H and O–H groups in total. The van der Waals surface area contributed by atoms with E-state index in [-0.39, 0.29) is 0 Å². The van der Waals surface area contributed by atoms with E-state index in [1.165, 1.54) is 30.8 Å². The lowest BCUT2D eigenvalue weighted by Crippen LogP contribution is -3.12. The zero-order valence-electron chi connectivity index (χ0n) is 11.7. The highest BCUT2D eigenvalue weighted by Gasteiger charge is 2.20. The second-order valence-electron chi connectivity index (χ2n) is 5.63. The number of benzene rings is 1. The minimum atomic E-state index is 0.468. The molecule has 0 aliphatic carbocycles. The summed E-state index contributed by atoms with van der Waals surface area (Å²) in [5, 5.41) is 4.52. The summed E-state index contributed by atoms with van der Waals surface area (Å²) >= 11 is 5.28. The van der Waals surface area contributed by atoms with Crippen molar-refractivity contribution in [2.75, 3.05) is 13.1 Å². The van der Waals surface area contributed by atoms with Crippen LogP contribution in [0.2, 0.25) is 0 Å². The zero-order valence-corrected chi connectivity index (χ0v) is 12.5. The molecule has 4 nitrogen and oxygen atoms in total. The molecule has 1 aromatic heterocycles. The van der Waals surface area contributed by atoms with Crippen molar-refractivity contribution < 1.29 is 9.32 Å². The summed E-state index contributed by atoms with van der Waals surface area (Å²) in [6.07, 6.45) is 2.57. The molecule has 1 aliphatic rings. The summed E-state index contributed by atoms with van der Waals surface area (Å²) in [4.78, 5) is 2.00. The number of nitrogens with one attached hydrogen (secondary N) is 1. The van der Waals surface area contributed by atoms with Crippen molar-refractivity contribution >= 4 is 12.2 Å². The molecule has 106 valence electrons. The van der Waals surface area contributed by atoms with E-state index in [0.29, 0.717) is 10.7 Å². The molecule has 1 aromatic carbocycles. The van der Waals surface area contributed by atoms with Crippen LogP contribution in [0.1, 0.15) is 19.8 Å². The monoisotopic (exact) mass is 290 g/mol. The second-order valence-corrected chi connectivity index (χ2v) is 5.98. The molecule has 20 heavy (non-hydrogen) atoms. The van der Waals surface area contributed by atoms with Gasteiger partial charge in [-0.3, -0.25) is 0 Å². The van der Waals surface area contributed by atoms with E-state index in [2.05, 4.69) is 12.0 Å². The number of likely N-dealkylation sites (tertiary alicyclic amines) is 1. The van der Waals surface area contributed by atoms with Gasteiger partial charge in [0.25, 0.3) is 4.84 Å². The summed E-state index contributed by atoms with van der Waals surface area (Å²) in [5.41, 5.74) is 0.972. The molecule has 1 saturated heterocycles. The predicted octanol–water partition coefficient (Wildman–Crippen LogP) is 2.14. The molecule has 0 bridgehead atoms. The van der Waals surface area contributed by atoms with E-state index in [1.807, 2.05) is 35.0 Å². The topological polar surface area (TPSA) is 35.4 Å². The van der Waals surface area contributed by atoms with E-state index in [4.69, 9.17) is 16.6 Å². The first-order valence-electron chi connectivity index (χ1n) is 7.19. The molecule has 3 rings (SSSR count). The van der Waals surface area contributed by atoms with Gasteiger partial charge in [-0.2, -0.15) is 4.68 Å². The van der Waals surface area contributed by atoms with Crippen molar-refractivity contribution in [3.8, 4) is 11.5 Å². The number of piperidine rings is 1. The van der Waals surface area contributed by atoms with Gasteiger partial charge in [0.15, 0.2) is 6.67 Å². The van der Waals surface area contributed by atoms with Gasteiger partial charge in [-0.05, 0) is 43.1 Å². The molecule has 2 aromatic rings. The highest BCUT2D eigenvalue weighted by molar-refractivity contribution is 7.71. The SMILES string of the molecule is CC1CC[NH+](Cn2nc(-c3ccccc3)oc2=S)CC1. The fraction of sp³-hybridized carbons (Fsp3) is 0.467. The van der Waals surface area contributed by atoms with Crippen LogP contribution in [0, 0.1) is 10.8 Å². The largest absolute Gasteiger partial charge is 0.409 e. The minimum Gasteiger partial charge on any atom is -0.409 e. The van der Waals surface area contributed by atoms with E-state index in [1.54, 1.807) is 0 Å². The summed E-state index contributed by atoms with van der Waals surface area (Å²) in [7, 11) is 0. The molecule has 0 radical (unpaired) electrons. The van der Waals surface area contributed by atoms with Gasteiger partial charge in [-0.1, -0.05) is 25.1 Å². The van der Waals surface area contributed by atoms with Gasteiger partial charge >= 0.3 is 0 Å². The molecule has 1 fully saturated rings. The Morgan fingerprint density at radius 2 is 2.00 bits per heavy atom. The lowest BCUT2D eigenvalue weighted by Gasteiger charge is -2.26. The maximum Gasteiger partial charge on any atom is 0.292 e. The Labute approximate surface area is 124 Å². The number of hydrogen-bond acceptors (Lipinski definition) is 3. The Bertz CT molecular complexity index is 612. The smallest absolute Gasteiger partial charge is 0.292 e. The first-order valence-corrected chi connectivity index (χ1v) is 7.60. The van der Waals surface area contributed by atoms with Gasteiger partial charge in [0.05, 0.1) is 13.1 Å². The Hall–Kier alpha value is -1.46. The maximum atomic E-state index is 5.62. The Morgan fingerprint density at radius 1 is 1.30 bits per heavy atom. The molecule has 0 saturated carbocycles. The van der Waals surface area contributed by atoms with E-state index < -0.39 is 0 Å². The fourth-order valence-corrected chi connectivity index (χ4v) is 2.83. The van der Waals surface area contributed by atoms with Gasteiger partial charge < -0.3 is 9.32 Å². The Kier molecular flexibility index (Phi) is 3.98. The summed E-state index contributed by atoms with van der Waals surface area (Å²) in [6, 6.07) is 9.91. The first-order chi connectivity index (χ1) is 9.72. The third-order valence-corrected chi connectivity index (χ3v) is 4.28. The standard InChI is InChI=1S/C15H19N3OS/c1-12-7-9-17(10-8-12)11-18-15(20)19-14(16-18)13-5-3-2-4-6-13/h2-6,12H,7-11H2,1H3/p+1. The molecular formula is C15H20N3OS+. The van der Waals surface area contributed by atoms with E-state index in [9.17, 15) is 0 Å². The molecule has 5 heteroatoms. The van der Waals surface area contributed by atoms with Crippen molar-refractivity contribution in [3.63, 3.8) is 0 Å². The zero-order chi connectivity index (χ0) is 13.9. The Morgan fingerprint density at radius 3 is 2.70 bits per heavy atom. The van der Waals surface area contributed by atoms with Crippen LogP contribution in [0.3, 0.4) is 0 Å². The molecule has 0 unspecified atom stereocenters.